The summed E-state index contributed by atoms with van der Waals surface area (Å²) < 4.78 is 5.31. The van der Waals surface area contributed by atoms with Gasteiger partial charge in [0.15, 0.2) is 5.75 Å². The van der Waals surface area contributed by atoms with Crippen molar-refractivity contribution < 1.29 is 19.6 Å². The third kappa shape index (κ3) is 3.41. The zero-order valence-corrected chi connectivity index (χ0v) is 11.0. The van der Waals surface area contributed by atoms with Gasteiger partial charge in [-0.3, -0.25) is 14.9 Å². The Kier molecular flexibility index (Phi) is 4.44. The largest absolute Gasteiger partial charge is 0.484 e. The summed E-state index contributed by atoms with van der Waals surface area (Å²) >= 11 is 0. The number of nitrogens with one attached hydrogen (secondary N) is 1. The Morgan fingerprint density at radius 1 is 1.58 bits per heavy atom. The van der Waals surface area contributed by atoms with Crippen LogP contribution in [0.5, 0.6) is 5.75 Å². The number of carboxylic acid groups (broad SMARTS) is 1. The summed E-state index contributed by atoms with van der Waals surface area (Å²) in [4.78, 5) is 21.4. The van der Waals surface area contributed by atoms with Crippen molar-refractivity contribution in [3.63, 3.8) is 0 Å². The normalized spacial score (nSPS) is 13.6. The van der Waals surface area contributed by atoms with Crippen LogP contribution in [-0.4, -0.2) is 35.2 Å². The first-order chi connectivity index (χ1) is 8.80. The van der Waals surface area contributed by atoms with E-state index < -0.39 is 16.4 Å². The third-order valence-corrected chi connectivity index (χ3v) is 2.85. The molecule has 1 unspecified atom stereocenters. The number of hydrogen-bond acceptors (Lipinski definition) is 5. The third-order valence-electron chi connectivity index (χ3n) is 2.85. The van der Waals surface area contributed by atoms with E-state index in [4.69, 9.17) is 9.84 Å². The maximum absolute atomic E-state index is 11.1. The molecule has 0 fully saturated rings. The molecule has 1 rings (SSSR count). The second-order valence-electron chi connectivity index (χ2n) is 4.40. The SMILES string of the molecule is CNC(C)(COc1cc(C)ccc1[N+](=O)[O-])C(=O)O. The van der Waals surface area contributed by atoms with Gasteiger partial charge in [0.1, 0.15) is 12.1 Å². The quantitative estimate of drug-likeness (QED) is 0.596. The molecule has 104 valence electrons. The highest BCUT2D eigenvalue weighted by atomic mass is 16.6. The van der Waals surface area contributed by atoms with E-state index in [1.807, 2.05) is 0 Å². The first kappa shape index (κ1) is 14.9. The summed E-state index contributed by atoms with van der Waals surface area (Å²) in [6.07, 6.45) is 0. The molecule has 0 aliphatic heterocycles. The average molecular weight is 268 g/mol. The molecule has 1 atom stereocenters. The Morgan fingerprint density at radius 3 is 2.68 bits per heavy atom. The molecule has 0 bridgehead atoms. The van der Waals surface area contributed by atoms with Gasteiger partial charge in [0.2, 0.25) is 0 Å². The number of carboxylic acids is 1. The fourth-order valence-corrected chi connectivity index (χ4v) is 1.35. The molecule has 7 heteroatoms. The predicted octanol–water partition coefficient (Wildman–Crippen LogP) is 1.34. The maximum Gasteiger partial charge on any atom is 0.327 e. The topological polar surface area (TPSA) is 102 Å². The Labute approximate surface area is 110 Å². The van der Waals surface area contributed by atoms with E-state index >= 15 is 0 Å². The van der Waals surface area contributed by atoms with Crippen molar-refractivity contribution in [2.45, 2.75) is 19.4 Å². The minimum atomic E-state index is -1.31. The Bertz CT molecular complexity index is 503. The van der Waals surface area contributed by atoms with Gasteiger partial charge in [-0.25, -0.2) is 0 Å². The highest BCUT2D eigenvalue weighted by molar-refractivity contribution is 5.78. The molecule has 0 aliphatic carbocycles. The second kappa shape index (κ2) is 5.66. The predicted molar refractivity (Wildman–Crippen MR) is 68.4 cm³/mol. The summed E-state index contributed by atoms with van der Waals surface area (Å²) in [5.41, 5.74) is -0.700. The van der Waals surface area contributed by atoms with Crippen LogP contribution in [0.2, 0.25) is 0 Å². The van der Waals surface area contributed by atoms with Crippen LogP contribution in [0.1, 0.15) is 12.5 Å². The van der Waals surface area contributed by atoms with Crippen LogP contribution in [0, 0.1) is 17.0 Å². The average Bonchev–Trinajstić information content (AvgIpc) is 2.35. The van der Waals surface area contributed by atoms with Crippen molar-refractivity contribution in [1.29, 1.82) is 0 Å². The minimum Gasteiger partial charge on any atom is -0.484 e. The van der Waals surface area contributed by atoms with E-state index in [2.05, 4.69) is 5.32 Å². The standard InChI is InChI=1S/C12H16N2O5/c1-8-4-5-9(14(17)18)10(6-8)19-7-12(2,13-3)11(15)16/h4-6,13H,7H2,1-3H3,(H,15,16). The number of hydrogen-bond donors (Lipinski definition) is 2. The zero-order valence-electron chi connectivity index (χ0n) is 11.0. The number of nitro benzene ring substituents is 1. The van der Waals surface area contributed by atoms with E-state index in [1.54, 1.807) is 13.0 Å². The molecule has 0 radical (unpaired) electrons. The fraction of sp³-hybridized carbons (Fsp3) is 0.417. The van der Waals surface area contributed by atoms with Gasteiger partial charge in [0.25, 0.3) is 0 Å². The molecule has 1 aromatic rings. The van der Waals surface area contributed by atoms with Crippen molar-refractivity contribution in [2.75, 3.05) is 13.7 Å². The number of nitro groups is 1. The van der Waals surface area contributed by atoms with E-state index in [-0.39, 0.29) is 18.0 Å². The highest BCUT2D eigenvalue weighted by Crippen LogP contribution is 2.28. The number of ether oxygens (including phenoxy) is 1. The lowest BCUT2D eigenvalue weighted by Crippen LogP contribution is -2.52. The maximum atomic E-state index is 11.1. The van der Waals surface area contributed by atoms with Gasteiger partial charge in [0, 0.05) is 6.07 Å². The van der Waals surface area contributed by atoms with Gasteiger partial charge in [-0.1, -0.05) is 6.07 Å². The van der Waals surface area contributed by atoms with Crippen LogP contribution >= 0.6 is 0 Å². The van der Waals surface area contributed by atoms with Crippen molar-refractivity contribution in [1.82, 2.24) is 5.32 Å². The Hall–Kier alpha value is -2.15. The smallest absolute Gasteiger partial charge is 0.327 e. The Balaban J connectivity index is 2.97. The molecule has 1 aromatic carbocycles. The van der Waals surface area contributed by atoms with E-state index in [9.17, 15) is 14.9 Å². The van der Waals surface area contributed by atoms with Gasteiger partial charge in [0.05, 0.1) is 4.92 Å². The van der Waals surface area contributed by atoms with Crippen LogP contribution in [0.25, 0.3) is 0 Å². The van der Waals surface area contributed by atoms with Crippen LogP contribution in [0.4, 0.5) is 5.69 Å². The summed E-state index contributed by atoms with van der Waals surface area (Å²) in [5.74, 6) is -1.03. The van der Waals surface area contributed by atoms with Crippen LogP contribution in [0.15, 0.2) is 18.2 Å². The Morgan fingerprint density at radius 2 is 2.21 bits per heavy atom. The van der Waals surface area contributed by atoms with Gasteiger partial charge in [-0.15, -0.1) is 0 Å². The molecule has 0 aliphatic rings. The zero-order chi connectivity index (χ0) is 14.6. The summed E-state index contributed by atoms with van der Waals surface area (Å²) in [5, 5.41) is 22.5. The lowest BCUT2D eigenvalue weighted by Gasteiger charge is -2.24. The molecule has 0 heterocycles. The number of rotatable bonds is 6. The molecule has 7 nitrogen and oxygen atoms in total. The van der Waals surface area contributed by atoms with Crippen LogP contribution in [0.3, 0.4) is 0 Å². The second-order valence-corrected chi connectivity index (χ2v) is 4.40. The molecule has 0 spiro atoms. The molecular weight excluding hydrogens is 252 g/mol. The molecule has 2 N–H and O–H groups in total. The van der Waals surface area contributed by atoms with Gasteiger partial charge >= 0.3 is 11.7 Å². The lowest BCUT2D eigenvalue weighted by molar-refractivity contribution is -0.385. The van der Waals surface area contributed by atoms with Gasteiger partial charge in [-0.2, -0.15) is 0 Å². The molecule has 0 aromatic heterocycles. The van der Waals surface area contributed by atoms with Gasteiger partial charge in [-0.05, 0) is 32.5 Å². The molecular formula is C12H16N2O5. The summed E-state index contributed by atoms with van der Waals surface area (Å²) in [7, 11) is 1.49. The number of nitrogens with zero attached hydrogens (tertiary/aromatic N) is 1. The van der Waals surface area contributed by atoms with E-state index in [0.29, 0.717) is 0 Å². The van der Waals surface area contributed by atoms with Crippen molar-refractivity contribution >= 4 is 11.7 Å². The van der Waals surface area contributed by atoms with Crippen molar-refractivity contribution in [3.05, 3.63) is 33.9 Å². The minimum absolute atomic E-state index is 0.0627. The molecule has 0 amide bonds. The van der Waals surface area contributed by atoms with Gasteiger partial charge < -0.3 is 15.2 Å². The first-order valence-corrected chi connectivity index (χ1v) is 5.60. The number of benzene rings is 1. The fourth-order valence-electron chi connectivity index (χ4n) is 1.35. The highest BCUT2D eigenvalue weighted by Gasteiger charge is 2.33. The summed E-state index contributed by atoms with van der Waals surface area (Å²) in [6.45, 7) is 2.99. The molecule has 0 saturated carbocycles. The molecule has 0 saturated heterocycles. The van der Waals surface area contributed by atoms with Crippen molar-refractivity contribution in [3.8, 4) is 5.75 Å². The van der Waals surface area contributed by atoms with Crippen LogP contribution < -0.4 is 10.1 Å². The number of carbonyl (C=O) groups is 1. The van der Waals surface area contributed by atoms with Crippen LogP contribution in [-0.2, 0) is 4.79 Å². The summed E-state index contributed by atoms with van der Waals surface area (Å²) in [6, 6.07) is 4.44. The number of likely N-dealkylation sites (N-methyl/N-ethyl adjacent to an activating group) is 1. The van der Waals surface area contributed by atoms with E-state index in [0.717, 1.165) is 5.56 Å². The molecule has 19 heavy (non-hydrogen) atoms. The number of aryl methyl sites for hydroxylation is 1. The first-order valence-electron chi connectivity index (χ1n) is 5.60. The lowest BCUT2D eigenvalue weighted by atomic mass is 10.1. The van der Waals surface area contributed by atoms with Crippen molar-refractivity contribution in [2.24, 2.45) is 0 Å². The monoisotopic (exact) mass is 268 g/mol. The number of aliphatic carboxylic acids is 1. The van der Waals surface area contributed by atoms with E-state index in [1.165, 1.54) is 26.1 Å².